The minimum absolute atomic E-state index is 0.0515. The standard InChI is InChI=1S/C19H22N2O2/c1-3-13-21(19(23)16-10-5-4-6-11-16)14-18(22)20-17-12-8-7-9-15(17)2/h4-12H,3,13-14H2,1-2H3,(H,20,22). The topological polar surface area (TPSA) is 49.4 Å². The van der Waals surface area contributed by atoms with Crippen LogP contribution in [-0.4, -0.2) is 29.8 Å². The van der Waals surface area contributed by atoms with Gasteiger partial charge in [0, 0.05) is 17.8 Å². The molecule has 0 saturated carbocycles. The van der Waals surface area contributed by atoms with E-state index in [1.54, 1.807) is 17.0 Å². The Morgan fingerprint density at radius 1 is 1.00 bits per heavy atom. The average molecular weight is 310 g/mol. The van der Waals surface area contributed by atoms with Gasteiger partial charge in [-0.1, -0.05) is 43.3 Å². The molecule has 2 aromatic carbocycles. The number of rotatable bonds is 6. The molecule has 23 heavy (non-hydrogen) atoms. The van der Waals surface area contributed by atoms with E-state index in [2.05, 4.69) is 5.32 Å². The summed E-state index contributed by atoms with van der Waals surface area (Å²) >= 11 is 0. The van der Waals surface area contributed by atoms with Crippen LogP contribution in [0.1, 0.15) is 29.3 Å². The summed E-state index contributed by atoms with van der Waals surface area (Å²) in [7, 11) is 0. The lowest BCUT2D eigenvalue weighted by molar-refractivity contribution is -0.116. The molecule has 0 aliphatic rings. The summed E-state index contributed by atoms with van der Waals surface area (Å²) in [5.41, 5.74) is 2.38. The number of nitrogens with one attached hydrogen (secondary N) is 1. The van der Waals surface area contributed by atoms with Crippen LogP contribution in [0.5, 0.6) is 0 Å². The number of para-hydroxylation sites is 1. The van der Waals surface area contributed by atoms with Gasteiger partial charge in [0.15, 0.2) is 0 Å². The second-order valence-electron chi connectivity index (χ2n) is 5.46. The van der Waals surface area contributed by atoms with E-state index in [1.165, 1.54) is 0 Å². The quantitative estimate of drug-likeness (QED) is 0.888. The van der Waals surface area contributed by atoms with Crippen molar-refractivity contribution in [2.24, 2.45) is 0 Å². The molecule has 0 unspecified atom stereocenters. The van der Waals surface area contributed by atoms with Crippen LogP contribution in [0.2, 0.25) is 0 Å². The van der Waals surface area contributed by atoms with E-state index >= 15 is 0 Å². The summed E-state index contributed by atoms with van der Waals surface area (Å²) in [5.74, 6) is -0.301. The molecule has 0 aromatic heterocycles. The van der Waals surface area contributed by atoms with Crippen LogP contribution >= 0.6 is 0 Å². The largest absolute Gasteiger partial charge is 0.329 e. The van der Waals surface area contributed by atoms with Crippen molar-refractivity contribution >= 4 is 17.5 Å². The molecule has 2 aromatic rings. The fourth-order valence-electron chi connectivity index (χ4n) is 2.36. The van der Waals surface area contributed by atoms with Gasteiger partial charge in [0.2, 0.25) is 5.91 Å². The molecule has 0 saturated heterocycles. The van der Waals surface area contributed by atoms with Crippen molar-refractivity contribution in [3.8, 4) is 0 Å². The minimum Gasteiger partial charge on any atom is -0.329 e. The van der Waals surface area contributed by atoms with Crippen LogP contribution in [0.4, 0.5) is 5.69 Å². The lowest BCUT2D eigenvalue weighted by Gasteiger charge is -2.22. The number of benzene rings is 2. The first-order valence-electron chi connectivity index (χ1n) is 7.81. The van der Waals surface area contributed by atoms with E-state index in [4.69, 9.17) is 0 Å². The Balaban J connectivity index is 2.05. The lowest BCUT2D eigenvalue weighted by atomic mass is 10.2. The summed E-state index contributed by atoms with van der Waals surface area (Å²) in [6, 6.07) is 16.6. The van der Waals surface area contributed by atoms with Gasteiger partial charge < -0.3 is 10.2 Å². The SMILES string of the molecule is CCCN(CC(=O)Nc1ccccc1C)C(=O)c1ccccc1. The van der Waals surface area contributed by atoms with Gasteiger partial charge >= 0.3 is 0 Å². The van der Waals surface area contributed by atoms with Crippen molar-refractivity contribution in [2.75, 3.05) is 18.4 Å². The maximum Gasteiger partial charge on any atom is 0.254 e. The molecule has 0 radical (unpaired) electrons. The van der Waals surface area contributed by atoms with Crippen molar-refractivity contribution < 1.29 is 9.59 Å². The maximum absolute atomic E-state index is 12.5. The molecular formula is C19H22N2O2. The lowest BCUT2D eigenvalue weighted by Crippen LogP contribution is -2.38. The minimum atomic E-state index is -0.183. The third kappa shape index (κ3) is 4.68. The Morgan fingerprint density at radius 3 is 2.30 bits per heavy atom. The summed E-state index contributed by atoms with van der Waals surface area (Å²) in [4.78, 5) is 26.4. The number of hydrogen-bond donors (Lipinski definition) is 1. The van der Waals surface area contributed by atoms with Crippen molar-refractivity contribution in [1.82, 2.24) is 4.90 Å². The third-order valence-electron chi connectivity index (χ3n) is 3.56. The van der Waals surface area contributed by atoms with Crippen LogP contribution in [0.25, 0.3) is 0 Å². The molecule has 120 valence electrons. The van der Waals surface area contributed by atoms with E-state index in [-0.39, 0.29) is 18.4 Å². The molecule has 0 heterocycles. The zero-order valence-corrected chi connectivity index (χ0v) is 13.6. The average Bonchev–Trinajstić information content (AvgIpc) is 2.57. The zero-order valence-electron chi connectivity index (χ0n) is 13.6. The fraction of sp³-hybridized carbons (Fsp3) is 0.263. The monoisotopic (exact) mass is 310 g/mol. The summed E-state index contributed by atoms with van der Waals surface area (Å²) in [6.45, 7) is 4.53. The first-order valence-corrected chi connectivity index (χ1v) is 7.81. The van der Waals surface area contributed by atoms with Gasteiger partial charge in [-0.2, -0.15) is 0 Å². The highest BCUT2D eigenvalue weighted by molar-refractivity contribution is 5.99. The molecular weight excluding hydrogens is 288 g/mol. The number of amides is 2. The number of carbonyl (C=O) groups excluding carboxylic acids is 2. The third-order valence-corrected chi connectivity index (χ3v) is 3.56. The molecule has 2 amide bonds. The van der Waals surface area contributed by atoms with Gasteiger partial charge in [0.05, 0.1) is 0 Å². The summed E-state index contributed by atoms with van der Waals surface area (Å²) in [6.07, 6.45) is 0.802. The van der Waals surface area contributed by atoms with E-state index < -0.39 is 0 Å². The molecule has 0 fully saturated rings. The maximum atomic E-state index is 12.5. The van der Waals surface area contributed by atoms with Gasteiger partial charge in [0.25, 0.3) is 5.91 Å². The molecule has 4 heteroatoms. The molecule has 2 rings (SSSR count). The smallest absolute Gasteiger partial charge is 0.254 e. The van der Waals surface area contributed by atoms with Gasteiger partial charge in [-0.15, -0.1) is 0 Å². The van der Waals surface area contributed by atoms with Gasteiger partial charge in [-0.3, -0.25) is 9.59 Å². The molecule has 0 bridgehead atoms. The normalized spacial score (nSPS) is 10.2. The Morgan fingerprint density at radius 2 is 1.65 bits per heavy atom. The second-order valence-corrected chi connectivity index (χ2v) is 5.46. The molecule has 4 nitrogen and oxygen atoms in total. The number of nitrogens with zero attached hydrogens (tertiary/aromatic N) is 1. The second kappa shape index (κ2) is 8.13. The van der Waals surface area contributed by atoms with Crippen LogP contribution < -0.4 is 5.32 Å². The Hall–Kier alpha value is -2.62. The van der Waals surface area contributed by atoms with Crippen LogP contribution in [-0.2, 0) is 4.79 Å². The number of anilines is 1. The van der Waals surface area contributed by atoms with Crippen molar-refractivity contribution in [3.63, 3.8) is 0 Å². The Labute approximate surface area is 137 Å². The Kier molecular flexibility index (Phi) is 5.92. The molecule has 1 N–H and O–H groups in total. The highest BCUT2D eigenvalue weighted by Gasteiger charge is 2.18. The number of carbonyl (C=O) groups is 2. The first kappa shape index (κ1) is 16.7. The number of aryl methyl sites for hydroxylation is 1. The van der Waals surface area contributed by atoms with E-state index in [1.807, 2.05) is 56.3 Å². The van der Waals surface area contributed by atoms with E-state index in [0.717, 1.165) is 17.7 Å². The van der Waals surface area contributed by atoms with E-state index in [9.17, 15) is 9.59 Å². The summed E-state index contributed by atoms with van der Waals surface area (Å²) in [5, 5.41) is 2.87. The highest BCUT2D eigenvalue weighted by Crippen LogP contribution is 2.13. The summed E-state index contributed by atoms with van der Waals surface area (Å²) < 4.78 is 0. The first-order chi connectivity index (χ1) is 11.1. The predicted molar refractivity (Wildman–Crippen MR) is 92.4 cm³/mol. The van der Waals surface area contributed by atoms with Gasteiger partial charge in [-0.25, -0.2) is 0 Å². The Bertz CT molecular complexity index is 668. The van der Waals surface area contributed by atoms with Crippen molar-refractivity contribution in [1.29, 1.82) is 0 Å². The van der Waals surface area contributed by atoms with Crippen LogP contribution in [0.15, 0.2) is 54.6 Å². The molecule has 0 atom stereocenters. The predicted octanol–water partition coefficient (Wildman–Crippen LogP) is 3.49. The van der Waals surface area contributed by atoms with Crippen LogP contribution in [0, 0.1) is 6.92 Å². The van der Waals surface area contributed by atoms with Gasteiger partial charge in [-0.05, 0) is 37.1 Å². The highest BCUT2D eigenvalue weighted by atomic mass is 16.2. The number of hydrogen-bond acceptors (Lipinski definition) is 2. The molecule has 0 aliphatic heterocycles. The van der Waals surface area contributed by atoms with Crippen molar-refractivity contribution in [3.05, 3.63) is 65.7 Å². The molecule has 0 spiro atoms. The van der Waals surface area contributed by atoms with Crippen LogP contribution in [0.3, 0.4) is 0 Å². The molecule has 0 aliphatic carbocycles. The fourth-order valence-corrected chi connectivity index (χ4v) is 2.36. The van der Waals surface area contributed by atoms with Crippen molar-refractivity contribution in [2.45, 2.75) is 20.3 Å². The van der Waals surface area contributed by atoms with E-state index in [0.29, 0.717) is 12.1 Å². The van der Waals surface area contributed by atoms with Gasteiger partial charge in [0.1, 0.15) is 6.54 Å². The zero-order chi connectivity index (χ0) is 16.7.